The molecule has 5 nitrogen and oxygen atoms in total. The molecular weight excluding hydrogens is 220 g/mol. The van der Waals surface area contributed by atoms with Gasteiger partial charge in [0.1, 0.15) is 6.04 Å². The molecule has 0 fully saturated rings. The lowest BCUT2D eigenvalue weighted by Gasteiger charge is -2.13. The lowest BCUT2D eigenvalue weighted by molar-refractivity contribution is -0.142. The number of carbonyl (C=O) groups excluding carboxylic acids is 2. The molecule has 1 aromatic carbocycles. The van der Waals surface area contributed by atoms with E-state index in [0.29, 0.717) is 0 Å². The Morgan fingerprint density at radius 3 is 2.94 bits per heavy atom. The molecule has 90 valence electrons. The van der Waals surface area contributed by atoms with Gasteiger partial charge >= 0.3 is 5.97 Å². The van der Waals surface area contributed by atoms with Crippen molar-refractivity contribution in [2.24, 2.45) is 5.73 Å². The van der Waals surface area contributed by atoms with Gasteiger partial charge in [0.2, 0.25) is 5.91 Å². The van der Waals surface area contributed by atoms with Crippen LogP contribution in [0.1, 0.15) is 17.9 Å². The number of hydrogen-bond donors (Lipinski definition) is 2. The van der Waals surface area contributed by atoms with E-state index in [1.165, 1.54) is 7.11 Å². The van der Waals surface area contributed by atoms with Gasteiger partial charge in [-0.1, -0.05) is 18.2 Å². The normalized spacial score (nSPS) is 19.4. The van der Waals surface area contributed by atoms with Crippen LogP contribution in [0.2, 0.25) is 0 Å². The Morgan fingerprint density at radius 2 is 2.24 bits per heavy atom. The number of fused-ring (bicyclic) bond motifs is 1. The van der Waals surface area contributed by atoms with E-state index in [9.17, 15) is 9.59 Å². The first-order valence-electron chi connectivity index (χ1n) is 5.36. The SMILES string of the molecule is COC(=O)[C@@H](N)CC1C(=O)Nc2ccccc21. The van der Waals surface area contributed by atoms with Crippen molar-refractivity contribution in [1.82, 2.24) is 0 Å². The quantitative estimate of drug-likeness (QED) is 0.751. The monoisotopic (exact) mass is 234 g/mol. The maximum absolute atomic E-state index is 11.8. The van der Waals surface area contributed by atoms with Crippen LogP contribution in [0, 0.1) is 0 Å². The second kappa shape index (κ2) is 4.55. The fourth-order valence-corrected chi connectivity index (χ4v) is 2.01. The smallest absolute Gasteiger partial charge is 0.322 e. The molecule has 2 rings (SSSR count). The molecule has 1 aromatic rings. The Balaban J connectivity index is 2.17. The molecule has 0 radical (unpaired) electrons. The Morgan fingerprint density at radius 1 is 1.53 bits per heavy atom. The summed E-state index contributed by atoms with van der Waals surface area (Å²) in [5, 5.41) is 2.76. The molecule has 1 unspecified atom stereocenters. The molecule has 0 aromatic heterocycles. The first kappa shape index (κ1) is 11.6. The first-order chi connectivity index (χ1) is 8.13. The zero-order chi connectivity index (χ0) is 12.4. The molecule has 17 heavy (non-hydrogen) atoms. The van der Waals surface area contributed by atoms with E-state index in [0.717, 1.165) is 11.3 Å². The van der Waals surface area contributed by atoms with Gasteiger partial charge in [-0.2, -0.15) is 0 Å². The van der Waals surface area contributed by atoms with Gasteiger partial charge in [0.25, 0.3) is 0 Å². The standard InChI is InChI=1S/C12H14N2O3/c1-17-12(16)9(13)6-8-7-4-2-3-5-10(7)14-11(8)15/h2-5,8-9H,6,13H2,1H3,(H,14,15)/t8?,9-/m0/s1. The van der Waals surface area contributed by atoms with Crippen LogP contribution < -0.4 is 11.1 Å². The van der Waals surface area contributed by atoms with Gasteiger partial charge in [0.05, 0.1) is 13.0 Å². The minimum Gasteiger partial charge on any atom is -0.468 e. The maximum Gasteiger partial charge on any atom is 0.322 e. The minimum absolute atomic E-state index is 0.120. The van der Waals surface area contributed by atoms with Gasteiger partial charge in [-0.25, -0.2) is 0 Å². The number of rotatable bonds is 3. The van der Waals surface area contributed by atoms with E-state index in [4.69, 9.17) is 5.73 Å². The van der Waals surface area contributed by atoms with E-state index < -0.39 is 12.0 Å². The number of ether oxygens (including phenoxy) is 1. The summed E-state index contributed by atoms with van der Waals surface area (Å²) in [6, 6.07) is 6.62. The summed E-state index contributed by atoms with van der Waals surface area (Å²) in [4.78, 5) is 23.0. The number of benzene rings is 1. The average molecular weight is 234 g/mol. The number of carbonyl (C=O) groups is 2. The molecule has 5 heteroatoms. The second-order valence-electron chi connectivity index (χ2n) is 3.99. The van der Waals surface area contributed by atoms with Crippen molar-refractivity contribution in [3.63, 3.8) is 0 Å². The molecule has 0 saturated carbocycles. The van der Waals surface area contributed by atoms with Crippen LogP contribution in [0.15, 0.2) is 24.3 Å². The van der Waals surface area contributed by atoms with Crippen molar-refractivity contribution in [1.29, 1.82) is 0 Å². The number of anilines is 1. The molecule has 0 bridgehead atoms. The van der Waals surface area contributed by atoms with Gasteiger partial charge in [-0.05, 0) is 18.1 Å². The first-order valence-corrected chi connectivity index (χ1v) is 5.36. The number of amides is 1. The van der Waals surface area contributed by atoms with Crippen molar-refractivity contribution >= 4 is 17.6 Å². The Kier molecular flexibility index (Phi) is 3.10. The molecule has 1 aliphatic heterocycles. The van der Waals surface area contributed by atoms with Gasteiger partial charge in [-0.3, -0.25) is 9.59 Å². The van der Waals surface area contributed by atoms with Crippen molar-refractivity contribution in [3.05, 3.63) is 29.8 Å². The van der Waals surface area contributed by atoms with Crippen LogP contribution in [0.3, 0.4) is 0 Å². The molecule has 0 spiro atoms. The highest BCUT2D eigenvalue weighted by atomic mass is 16.5. The fourth-order valence-electron chi connectivity index (χ4n) is 2.01. The number of methoxy groups -OCH3 is 1. The van der Waals surface area contributed by atoms with Crippen LogP contribution in [0.25, 0.3) is 0 Å². The third-order valence-electron chi connectivity index (χ3n) is 2.90. The molecule has 2 atom stereocenters. The highest BCUT2D eigenvalue weighted by molar-refractivity contribution is 6.03. The van der Waals surface area contributed by atoms with Crippen LogP contribution in [-0.2, 0) is 14.3 Å². The molecule has 1 aliphatic rings. The van der Waals surface area contributed by atoms with E-state index in [2.05, 4.69) is 10.1 Å². The minimum atomic E-state index is -0.776. The summed E-state index contributed by atoms with van der Waals surface area (Å²) in [5.74, 6) is -0.993. The number of para-hydroxylation sites is 1. The van der Waals surface area contributed by atoms with Gasteiger partial charge in [0.15, 0.2) is 0 Å². The zero-order valence-electron chi connectivity index (χ0n) is 9.47. The van der Waals surface area contributed by atoms with E-state index >= 15 is 0 Å². The highest BCUT2D eigenvalue weighted by Gasteiger charge is 2.33. The summed E-state index contributed by atoms with van der Waals surface area (Å²) in [7, 11) is 1.28. The third kappa shape index (κ3) is 2.14. The molecule has 1 amide bonds. The summed E-state index contributed by atoms with van der Waals surface area (Å²) in [5.41, 5.74) is 7.35. The topological polar surface area (TPSA) is 81.4 Å². The van der Waals surface area contributed by atoms with Crippen molar-refractivity contribution in [2.45, 2.75) is 18.4 Å². The highest BCUT2D eigenvalue weighted by Crippen LogP contribution is 2.34. The zero-order valence-corrected chi connectivity index (χ0v) is 9.47. The predicted molar refractivity (Wildman–Crippen MR) is 62.4 cm³/mol. The van der Waals surface area contributed by atoms with Crippen LogP contribution >= 0.6 is 0 Å². The Labute approximate surface area is 98.9 Å². The Bertz CT molecular complexity index is 459. The number of hydrogen-bond acceptors (Lipinski definition) is 4. The van der Waals surface area contributed by atoms with Gasteiger partial charge in [-0.15, -0.1) is 0 Å². The molecular formula is C12H14N2O3. The van der Waals surface area contributed by atoms with Crippen LogP contribution in [0.4, 0.5) is 5.69 Å². The van der Waals surface area contributed by atoms with E-state index in [-0.39, 0.29) is 18.2 Å². The molecule has 0 aliphatic carbocycles. The van der Waals surface area contributed by atoms with Crippen LogP contribution in [-0.4, -0.2) is 25.0 Å². The third-order valence-corrected chi connectivity index (χ3v) is 2.90. The summed E-state index contributed by atoms with van der Waals surface area (Å²) in [6.07, 6.45) is 0.259. The lowest BCUT2D eigenvalue weighted by atomic mass is 9.94. The van der Waals surface area contributed by atoms with Crippen LogP contribution in [0.5, 0.6) is 0 Å². The number of esters is 1. The molecule has 0 saturated heterocycles. The maximum atomic E-state index is 11.8. The van der Waals surface area contributed by atoms with Crippen molar-refractivity contribution in [2.75, 3.05) is 12.4 Å². The van der Waals surface area contributed by atoms with E-state index in [1.807, 2.05) is 24.3 Å². The van der Waals surface area contributed by atoms with Crippen molar-refractivity contribution in [3.8, 4) is 0 Å². The number of nitrogens with two attached hydrogens (primary N) is 1. The molecule has 3 N–H and O–H groups in total. The van der Waals surface area contributed by atoms with Crippen molar-refractivity contribution < 1.29 is 14.3 Å². The summed E-state index contributed by atoms with van der Waals surface area (Å²) >= 11 is 0. The second-order valence-corrected chi connectivity index (χ2v) is 3.99. The van der Waals surface area contributed by atoms with Gasteiger partial charge in [0, 0.05) is 5.69 Å². The molecule has 1 heterocycles. The summed E-state index contributed by atoms with van der Waals surface area (Å²) in [6.45, 7) is 0. The van der Waals surface area contributed by atoms with E-state index in [1.54, 1.807) is 0 Å². The number of nitrogens with one attached hydrogen (secondary N) is 1. The average Bonchev–Trinajstić information content (AvgIpc) is 2.65. The predicted octanol–water partition coefficient (Wildman–Crippen LogP) is 0.613. The Hall–Kier alpha value is -1.88. The largest absolute Gasteiger partial charge is 0.468 e. The lowest BCUT2D eigenvalue weighted by Crippen LogP contribution is -2.34. The van der Waals surface area contributed by atoms with Gasteiger partial charge < -0.3 is 15.8 Å². The fraction of sp³-hybridized carbons (Fsp3) is 0.333. The summed E-state index contributed by atoms with van der Waals surface area (Å²) < 4.78 is 4.55.